The van der Waals surface area contributed by atoms with Gasteiger partial charge in [0.2, 0.25) is 11.7 Å². The average molecular weight is 238 g/mol. The Morgan fingerprint density at radius 3 is 3.06 bits per heavy atom. The van der Waals surface area contributed by atoms with Crippen molar-refractivity contribution < 1.29 is 9.66 Å². The lowest BCUT2D eigenvalue weighted by molar-refractivity contribution is -0.384. The van der Waals surface area contributed by atoms with Crippen molar-refractivity contribution in [3.63, 3.8) is 0 Å². The SMILES string of the molecule is Nc1nc(OCC2CCCN2)ccc1[N+](=O)[O-]. The minimum absolute atomic E-state index is 0.119. The second-order valence-electron chi connectivity index (χ2n) is 3.92. The maximum Gasteiger partial charge on any atom is 0.311 e. The zero-order chi connectivity index (χ0) is 12.3. The number of pyridine rings is 1. The Kier molecular flexibility index (Phi) is 3.38. The average Bonchev–Trinajstić information content (AvgIpc) is 2.78. The van der Waals surface area contributed by atoms with E-state index in [2.05, 4.69) is 10.3 Å². The van der Waals surface area contributed by atoms with Crippen molar-refractivity contribution in [2.45, 2.75) is 18.9 Å². The first-order valence-corrected chi connectivity index (χ1v) is 5.44. The first kappa shape index (κ1) is 11.6. The molecule has 0 amide bonds. The number of nitrogens with two attached hydrogens (primary N) is 1. The van der Waals surface area contributed by atoms with Crippen molar-refractivity contribution in [3.8, 4) is 5.88 Å². The third-order valence-corrected chi connectivity index (χ3v) is 2.67. The van der Waals surface area contributed by atoms with Crippen molar-refractivity contribution in [2.75, 3.05) is 18.9 Å². The summed E-state index contributed by atoms with van der Waals surface area (Å²) >= 11 is 0. The number of nitrogen functional groups attached to an aromatic ring is 1. The zero-order valence-corrected chi connectivity index (χ0v) is 9.26. The number of hydrogen-bond donors (Lipinski definition) is 2. The molecule has 0 bridgehead atoms. The fraction of sp³-hybridized carbons (Fsp3) is 0.500. The number of anilines is 1. The third-order valence-electron chi connectivity index (χ3n) is 2.67. The lowest BCUT2D eigenvalue weighted by Gasteiger charge is -2.11. The van der Waals surface area contributed by atoms with Crippen LogP contribution in [0.5, 0.6) is 5.88 Å². The van der Waals surface area contributed by atoms with E-state index in [9.17, 15) is 10.1 Å². The van der Waals surface area contributed by atoms with Gasteiger partial charge in [-0.1, -0.05) is 0 Å². The Morgan fingerprint density at radius 2 is 2.47 bits per heavy atom. The van der Waals surface area contributed by atoms with Gasteiger partial charge in [0, 0.05) is 18.2 Å². The molecule has 7 nitrogen and oxygen atoms in total. The summed E-state index contributed by atoms with van der Waals surface area (Å²) in [6.07, 6.45) is 2.21. The van der Waals surface area contributed by atoms with Gasteiger partial charge in [0.25, 0.3) is 0 Å². The highest BCUT2D eigenvalue weighted by molar-refractivity contribution is 5.53. The van der Waals surface area contributed by atoms with E-state index in [1.54, 1.807) is 0 Å². The summed E-state index contributed by atoms with van der Waals surface area (Å²) in [7, 11) is 0. The molecule has 0 aliphatic carbocycles. The van der Waals surface area contributed by atoms with Gasteiger partial charge in [0.05, 0.1) is 4.92 Å². The Bertz CT molecular complexity index is 418. The van der Waals surface area contributed by atoms with Crippen molar-refractivity contribution in [3.05, 3.63) is 22.2 Å². The lowest BCUT2D eigenvalue weighted by atomic mass is 10.2. The molecule has 1 aliphatic rings. The molecule has 0 saturated carbocycles. The van der Waals surface area contributed by atoms with Gasteiger partial charge < -0.3 is 15.8 Å². The highest BCUT2D eigenvalue weighted by atomic mass is 16.6. The lowest BCUT2D eigenvalue weighted by Crippen LogP contribution is -2.28. The summed E-state index contributed by atoms with van der Waals surface area (Å²) in [6.45, 7) is 1.51. The molecule has 0 radical (unpaired) electrons. The number of ether oxygens (including phenoxy) is 1. The van der Waals surface area contributed by atoms with E-state index in [0.717, 1.165) is 19.4 Å². The molecule has 0 spiro atoms. The summed E-state index contributed by atoms with van der Waals surface area (Å²) < 4.78 is 5.43. The molecule has 92 valence electrons. The van der Waals surface area contributed by atoms with E-state index < -0.39 is 4.92 Å². The number of nitrogens with one attached hydrogen (secondary N) is 1. The van der Waals surface area contributed by atoms with Gasteiger partial charge in [0.1, 0.15) is 6.61 Å². The first-order valence-electron chi connectivity index (χ1n) is 5.44. The molecule has 3 N–H and O–H groups in total. The predicted octanol–water partition coefficient (Wildman–Crippen LogP) is 0.703. The summed E-state index contributed by atoms with van der Waals surface area (Å²) in [6, 6.07) is 3.09. The van der Waals surface area contributed by atoms with E-state index in [-0.39, 0.29) is 11.5 Å². The maximum absolute atomic E-state index is 10.5. The molecule has 7 heteroatoms. The van der Waals surface area contributed by atoms with E-state index >= 15 is 0 Å². The number of hydrogen-bond acceptors (Lipinski definition) is 6. The second kappa shape index (κ2) is 4.96. The molecule has 1 aromatic rings. The van der Waals surface area contributed by atoms with Crippen LogP contribution >= 0.6 is 0 Å². The van der Waals surface area contributed by atoms with Gasteiger partial charge in [-0.25, -0.2) is 0 Å². The van der Waals surface area contributed by atoms with E-state index in [0.29, 0.717) is 18.5 Å². The van der Waals surface area contributed by atoms with Crippen LogP contribution in [-0.4, -0.2) is 29.1 Å². The molecular weight excluding hydrogens is 224 g/mol. The number of nitrogens with zero attached hydrogens (tertiary/aromatic N) is 2. The predicted molar refractivity (Wildman–Crippen MR) is 61.8 cm³/mol. The van der Waals surface area contributed by atoms with Crippen LogP contribution in [0.15, 0.2) is 12.1 Å². The molecule has 1 unspecified atom stereocenters. The number of aromatic nitrogens is 1. The van der Waals surface area contributed by atoms with E-state index in [1.807, 2.05) is 0 Å². The molecule has 17 heavy (non-hydrogen) atoms. The Hall–Kier alpha value is -1.89. The normalized spacial score (nSPS) is 19.2. The van der Waals surface area contributed by atoms with Crippen molar-refractivity contribution in [1.82, 2.24) is 10.3 Å². The van der Waals surface area contributed by atoms with Gasteiger partial charge in [-0.2, -0.15) is 4.98 Å². The van der Waals surface area contributed by atoms with Gasteiger partial charge >= 0.3 is 5.69 Å². The second-order valence-corrected chi connectivity index (χ2v) is 3.92. The van der Waals surface area contributed by atoms with Crippen LogP contribution in [-0.2, 0) is 0 Å². The van der Waals surface area contributed by atoms with Crippen LogP contribution in [0, 0.1) is 10.1 Å². The maximum atomic E-state index is 10.5. The van der Waals surface area contributed by atoms with Crippen LogP contribution in [0.4, 0.5) is 11.5 Å². The Labute approximate surface area is 98.1 Å². The molecule has 1 fully saturated rings. The highest BCUT2D eigenvalue weighted by Gasteiger charge is 2.16. The van der Waals surface area contributed by atoms with Crippen LogP contribution < -0.4 is 15.8 Å². The Balaban J connectivity index is 1.97. The smallest absolute Gasteiger partial charge is 0.311 e. The van der Waals surface area contributed by atoms with Crippen molar-refractivity contribution in [2.24, 2.45) is 0 Å². The molecule has 0 aromatic carbocycles. The van der Waals surface area contributed by atoms with Crippen molar-refractivity contribution >= 4 is 11.5 Å². The monoisotopic (exact) mass is 238 g/mol. The Morgan fingerprint density at radius 1 is 1.65 bits per heavy atom. The quantitative estimate of drug-likeness (QED) is 0.591. The summed E-state index contributed by atoms with van der Waals surface area (Å²) in [5.74, 6) is 0.202. The van der Waals surface area contributed by atoms with Crippen LogP contribution in [0.2, 0.25) is 0 Å². The largest absolute Gasteiger partial charge is 0.476 e. The van der Waals surface area contributed by atoms with Crippen LogP contribution in [0.25, 0.3) is 0 Å². The number of nitro groups is 1. The van der Waals surface area contributed by atoms with Gasteiger partial charge in [-0.05, 0) is 19.4 Å². The van der Waals surface area contributed by atoms with Gasteiger partial charge in [-0.3, -0.25) is 10.1 Å². The van der Waals surface area contributed by atoms with Gasteiger partial charge in [-0.15, -0.1) is 0 Å². The zero-order valence-electron chi connectivity index (χ0n) is 9.26. The minimum atomic E-state index is -0.565. The van der Waals surface area contributed by atoms with E-state index in [4.69, 9.17) is 10.5 Å². The van der Waals surface area contributed by atoms with Crippen molar-refractivity contribution in [1.29, 1.82) is 0 Å². The van der Waals surface area contributed by atoms with E-state index in [1.165, 1.54) is 12.1 Å². The number of rotatable bonds is 4. The minimum Gasteiger partial charge on any atom is -0.476 e. The fourth-order valence-electron chi connectivity index (χ4n) is 1.77. The highest BCUT2D eigenvalue weighted by Crippen LogP contribution is 2.22. The molecule has 1 saturated heterocycles. The topological polar surface area (TPSA) is 103 Å². The first-order chi connectivity index (χ1) is 8.16. The van der Waals surface area contributed by atoms with Gasteiger partial charge in [0.15, 0.2) is 0 Å². The molecule has 1 aromatic heterocycles. The molecule has 2 heterocycles. The fourth-order valence-corrected chi connectivity index (χ4v) is 1.77. The molecular formula is C10H14N4O3. The summed E-state index contributed by atoms with van der Waals surface area (Å²) in [4.78, 5) is 13.8. The standard InChI is InChI=1S/C10H14N4O3/c11-10-8(14(15)16)3-4-9(13-10)17-6-7-2-1-5-12-7/h3-4,7,12H,1-2,5-6H2,(H2,11,13). The van der Waals surface area contributed by atoms with Crippen LogP contribution in [0.1, 0.15) is 12.8 Å². The third kappa shape index (κ3) is 2.82. The molecule has 2 rings (SSSR count). The summed E-state index contributed by atoms with van der Waals surface area (Å²) in [5.41, 5.74) is 5.26. The molecule has 1 atom stereocenters. The summed E-state index contributed by atoms with van der Waals surface area (Å²) in [5, 5.41) is 13.8. The van der Waals surface area contributed by atoms with Crippen LogP contribution in [0.3, 0.4) is 0 Å². The molecule has 1 aliphatic heterocycles.